The van der Waals surface area contributed by atoms with Crippen molar-refractivity contribution >= 4 is 21.6 Å². The minimum Gasteiger partial charge on any atom is -0.324 e. The predicted molar refractivity (Wildman–Crippen MR) is 69.4 cm³/mol. The first kappa shape index (κ1) is 14.5. The number of halogens is 1. The van der Waals surface area contributed by atoms with Gasteiger partial charge in [-0.2, -0.15) is 0 Å². The molecule has 96 valence electrons. The van der Waals surface area contributed by atoms with Crippen molar-refractivity contribution in [3.63, 3.8) is 0 Å². The van der Waals surface area contributed by atoms with E-state index >= 15 is 0 Å². The van der Waals surface area contributed by atoms with Crippen LogP contribution in [0.1, 0.15) is 18.5 Å². The molecule has 0 radical (unpaired) electrons. The number of benzene rings is 1. The topological polar surface area (TPSA) is 60.2 Å². The first-order valence-electron chi connectivity index (χ1n) is 5.16. The fourth-order valence-electron chi connectivity index (χ4n) is 1.33. The van der Waals surface area contributed by atoms with Gasteiger partial charge >= 0.3 is 0 Å². The summed E-state index contributed by atoms with van der Waals surface area (Å²) in [4.78, 5) is 0.450. The Balaban J connectivity index is 2.83. The lowest BCUT2D eigenvalue weighted by Gasteiger charge is -2.12. The highest BCUT2D eigenvalue weighted by atomic mass is 32.2. The summed E-state index contributed by atoms with van der Waals surface area (Å²) in [5.41, 5.74) is 6.45. The number of nitrogens with two attached hydrogens (primary N) is 1. The fourth-order valence-corrected chi connectivity index (χ4v) is 3.71. The minimum atomic E-state index is -3.01. The lowest BCUT2D eigenvalue weighted by Crippen LogP contribution is -2.09. The Morgan fingerprint density at radius 1 is 1.47 bits per heavy atom. The molecular formula is C11H16FNO2S2. The number of hydrogen-bond donors (Lipinski definition) is 1. The van der Waals surface area contributed by atoms with Crippen LogP contribution in [-0.2, 0) is 9.84 Å². The third-order valence-corrected chi connectivity index (χ3v) is 4.52. The zero-order chi connectivity index (χ0) is 13.1. The van der Waals surface area contributed by atoms with E-state index in [2.05, 4.69) is 0 Å². The van der Waals surface area contributed by atoms with E-state index in [1.54, 1.807) is 19.1 Å². The molecule has 1 unspecified atom stereocenters. The summed E-state index contributed by atoms with van der Waals surface area (Å²) < 4.78 is 35.6. The number of hydrogen-bond acceptors (Lipinski definition) is 4. The van der Waals surface area contributed by atoms with Crippen molar-refractivity contribution in [1.29, 1.82) is 0 Å². The molecule has 0 aliphatic rings. The smallest absolute Gasteiger partial charge is 0.148 e. The van der Waals surface area contributed by atoms with E-state index < -0.39 is 9.84 Å². The normalized spacial score (nSPS) is 13.6. The average molecular weight is 277 g/mol. The second-order valence-corrected chi connectivity index (χ2v) is 7.29. The molecule has 6 heteroatoms. The number of rotatable bonds is 5. The molecule has 0 aliphatic carbocycles. The van der Waals surface area contributed by atoms with Gasteiger partial charge in [0.05, 0.1) is 5.75 Å². The van der Waals surface area contributed by atoms with Gasteiger partial charge in [0, 0.05) is 22.9 Å². The van der Waals surface area contributed by atoms with Crippen LogP contribution in [0.5, 0.6) is 0 Å². The first-order chi connectivity index (χ1) is 7.81. The van der Waals surface area contributed by atoms with Gasteiger partial charge in [0.15, 0.2) is 0 Å². The Kier molecular flexibility index (Phi) is 4.97. The van der Waals surface area contributed by atoms with E-state index in [4.69, 9.17) is 5.73 Å². The SMILES string of the molecule is CC(N)c1cccc(F)c1SCCS(C)(=O)=O. The highest BCUT2D eigenvalue weighted by Crippen LogP contribution is 2.29. The summed E-state index contributed by atoms with van der Waals surface area (Å²) in [5, 5.41) is 0. The molecule has 0 saturated heterocycles. The van der Waals surface area contributed by atoms with Crippen molar-refractivity contribution in [1.82, 2.24) is 0 Å². The molecule has 0 amide bonds. The van der Waals surface area contributed by atoms with Gasteiger partial charge in [-0.15, -0.1) is 11.8 Å². The maximum absolute atomic E-state index is 13.6. The summed E-state index contributed by atoms with van der Waals surface area (Å²) in [6.07, 6.45) is 1.17. The van der Waals surface area contributed by atoms with Gasteiger partial charge in [-0.25, -0.2) is 12.8 Å². The van der Waals surface area contributed by atoms with E-state index in [1.807, 2.05) is 0 Å². The van der Waals surface area contributed by atoms with Crippen molar-refractivity contribution in [2.45, 2.75) is 17.9 Å². The van der Waals surface area contributed by atoms with E-state index in [0.29, 0.717) is 16.2 Å². The highest BCUT2D eigenvalue weighted by Gasteiger charge is 2.13. The van der Waals surface area contributed by atoms with Gasteiger partial charge in [-0.1, -0.05) is 12.1 Å². The molecule has 0 saturated carbocycles. The van der Waals surface area contributed by atoms with Crippen molar-refractivity contribution in [3.05, 3.63) is 29.6 Å². The fraction of sp³-hybridized carbons (Fsp3) is 0.455. The van der Waals surface area contributed by atoms with E-state index in [1.165, 1.54) is 24.1 Å². The summed E-state index contributed by atoms with van der Waals surface area (Å²) in [6, 6.07) is 4.45. The standard InChI is InChI=1S/C11H16FNO2S2/c1-8(13)9-4-3-5-10(12)11(9)16-6-7-17(2,14)15/h3-5,8H,6-7,13H2,1-2H3. The van der Waals surface area contributed by atoms with Crippen molar-refractivity contribution in [2.24, 2.45) is 5.73 Å². The van der Waals surface area contributed by atoms with Crippen LogP contribution in [0.4, 0.5) is 4.39 Å². The van der Waals surface area contributed by atoms with Crippen LogP contribution in [0.25, 0.3) is 0 Å². The molecular weight excluding hydrogens is 261 g/mol. The van der Waals surface area contributed by atoms with Crippen LogP contribution in [0.15, 0.2) is 23.1 Å². The second-order valence-electron chi connectivity index (χ2n) is 3.93. The van der Waals surface area contributed by atoms with Crippen LogP contribution in [0.3, 0.4) is 0 Å². The van der Waals surface area contributed by atoms with Crippen molar-refractivity contribution < 1.29 is 12.8 Å². The molecule has 2 N–H and O–H groups in total. The lowest BCUT2D eigenvalue weighted by molar-refractivity contribution is 0.591. The molecule has 3 nitrogen and oxygen atoms in total. The lowest BCUT2D eigenvalue weighted by atomic mass is 10.1. The van der Waals surface area contributed by atoms with Crippen LogP contribution < -0.4 is 5.73 Å². The second kappa shape index (κ2) is 5.84. The minimum absolute atomic E-state index is 0.0321. The van der Waals surface area contributed by atoms with Crippen LogP contribution in [0.2, 0.25) is 0 Å². The third kappa shape index (κ3) is 4.65. The largest absolute Gasteiger partial charge is 0.324 e. The molecule has 1 atom stereocenters. The maximum atomic E-state index is 13.6. The van der Waals surface area contributed by atoms with Gasteiger partial charge in [0.1, 0.15) is 15.7 Å². The molecule has 0 aliphatic heterocycles. The summed E-state index contributed by atoms with van der Waals surface area (Å²) in [7, 11) is -3.01. The van der Waals surface area contributed by atoms with Crippen LogP contribution in [-0.4, -0.2) is 26.2 Å². The molecule has 0 spiro atoms. The van der Waals surface area contributed by atoms with Gasteiger partial charge in [-0.05, 0) is 18.6 Å². The molecule has 0 fully saturated rings. The number of sulfone groups is 1. The van der Waals surface area contributed by atoms with Crippen LogP contribution in [0, 0.1) is 5.82 Å². The van der Waals surface area contributed by atoms with Gasteiger partial charge in [0.25, 0.3) is 0 Å². The monoisotopic (exact) mass is 277 g/mol. The summed E-state index contributed by atoms with van der Waals surface area (Å²) in [5.74, 6) is 0.0162. The molecule has 17 heavy (non-hydrogen) atoms. The van der Waals surface area contributed by atoms with E-state index in [0.717, 1.165) is 0 Å². The zero-order valence-corrected chi connectivity index (χ0v) is 11.4. The Morgan fingerprint density at radius 2 is 2.12 bits per heavy atom. The number of thioether (sulfide) groups is 1. The van der Waals surface area contributed by atoms with E-state index in [-0.39, 0.29) is 17.6 Å². The molecule has 1 aromatic rings. The summed E-state index contributed by atoms with van der Waals surface area (Å²) >= 11 is 1.19. The third-order valence-electron chi connectivity index (χ3n) is 2.19. The van der Waals surface area contributed by atoms with Crippen molar-refractivity contribution in [3.8, 4) is 0 Å². The van der Waals surface area contributed by atoms with E-state index in [9.17, 15) is 12.8 Å². The molecule has 0 aromatic heterocycles. The molecule has 1 rings (SSSR count). The first-order valence-corrected chi connectivity index (χ1v) is 8.20. The summed E-state index contributed by atoms with van der Waals surface area (Å²) in [6.45, 7) is 1.77. The Bertz CT molecular complexity index is 486. The highest BCUT2D eigenvalue weighted by molar-refractivity contribution is 8.00. The van der Waals surface area contributed by atoms with Crippen molar-refractivity contribution in [2.75, 3.05) is 17.8 Å². The van der Waals surface area contributed by atoms with Crippen LogP contribution >= 0.6 is 11.8 Å². The molecule has 0 heterocycles. The average Bonchev–Trinajstić information content (AvgIpc) is 2.18. The Hall–Kier alpha value is -0.590. The zero-order valence-electron chi connectivity index (χ0n) is 9.81. The van der Waals surface area contributed by atoms with Gasteiger partial charge in [0.2, 0.25) is 0 Å². The maximum Gasteiger partial charge on any atom is 0.148 e. The quantitative estimate of drug-likeness (QED) is 0.836. The molecule has 1 aromatic carbocycles. The van der Waals surface area contributed by atoms with Gasteiger partial charge < -0.3 is 5.73 Å². The molecule has 0 bridgehead atoms. The Morgan fingerprint density at radius 3 is 2.65 bits per heavy atom. The Labute approximate surface area is 106 Å². The van der Waals surface area contributed by atoms with Gasteiger partial charge in [-0.3, -0.25) is 0 Å². The predicted octanol–water partition coefficient (Wildman–Crippen LogP) is 1.98.